The predicted octanol–water partition coefficient (Wildman–Crippen LogP) is 7.02. The van der Waals surface area contributed by atoms with Crippen LogP contribution in [0.4, 0.5) is 0 Å². The first-order valence-corrected chi connectivity index (χ1v) is 10.1. The van der Waals surface area contributed by atoms with Crippen molar-refractivity contribution in [2.45, 2.75) is 110 Å². The Hall–Kier alpha value is -0.300. The SMILES string of the molecule is C=C(C)CCCCCCCCCCCCCCCCNCC. The summed E-state index contributed by atoms with van der Waals surface area (Å²) < 4.78 is 0. The Balaban J connectivity index is 2.95. The molecule has 0 spiro atoms. The molecule has 0 bridgehead atoms. The molecule has 0 heterocycles. The quantitative estimate of drug-likeness (QED) is 0.212. The summed E-state index contributed by atoms with van der Waals surface area (Å²) in [6.07, 6.45) is 21.3. The molecule has 1 heteroatoms. The van der Waals surface area contributed by atoms with Crippen LogP contribution in [-0.4, -0.2) is 13.1 Å². The van der Waals surface area contributed by atoms with Crippen LogP contribution >= 0.6 is 0 Å². The first-order valence-electron chi connectivity index (χ1n) is 10.1. The van der Waals surface area contributed by atoms with Gasteiger partial charge >= 0.3 is 0 Å². The Morgan fingerprint density at radius 1 is 0.636 bits per heavy atom. The number of allylic oxidation sites excluding steroid dienone is 1. The van der Waals surface area contributed by atoms with Gasteiger partial charge in [0.1, 0.15) is 0 Å². The zero-order valence-corrected chi connectivity index (χ0v) is 15.7. The van der Waals surface area contributed by atoms with Gasteiger partial charge in [0.15, 0.2) is 0 Å². The van der Waals surface area contributed by atoms with Crippen molar-refractivity contribution in [3.05, 3.63) is 12.2 Å². The minimum Gasteiger partial charge on any atom is -0.317 e. The molecule has 22 heavy (non-hydrogen) atoms. The molecule has 0 rings (SSSR count). The Morgan fingerprint density at radius 3 is 1.36 bits per heavy atom. The normalized spacial score (nSPS) is 11.0. The third-order valence-corrected chi connectivity index (χ3v) is 4.46. The highest BCUT2D eigenvalue weighted by Crippen LogP contribution is 2.14. The van der Waals surface area contributed by atoms with E-state index in [-0.39, 0.29) is 0 Å². The molecular formula is C21H43N. The lowest BCUT2D eigenvalue weighted by molar-refractivity contribution is 0.529. The predicted molar refractivity (Wildman–Crippen MR) is 103 cm³/mol. The van der Waals surface area contributed by atoms with Crippen LogP contribution in [0.1, 0.15) is 110 Å². The van der Waals surface area contributed by atoms with Crippen LogP contribution in [0.5, 0.6) is 0 Å². The van der Waals surface area contributed by atoms with Crippen molar-refractivity contribution in [3.63, 3.8) is 0 Å². The standard InChI is InChI=1S/C21H43N/c1-4-22-20-18-16-14-12-10-8-6-5-7-9-11-13-15-17-19-21(2)3/h22H,2,4-20H2,1,3H3. The minimum atomic E-state index is 1.12. The maximum Gasteiger partial charge on any atom is -0.00490 e. The van der Waals surface area contributed by atoms with E-state index in [4.69, 9.17) is 0 Å². The summed E-state index contributed by atoms with van der Waals surface area (Å²) in [7, 11) is 0. The molecule has 0 aromatic rings. The van der Waals surface area contributed by atoms with Gasteiger partial charge in [-0.25, -0.2) is 0 Å². The summed E-state index contributed by atoms with van der Waals surface area (Å²) in [5.74, 6) is 0. The second-order valence-corrected chi connectivity index (χ2v) is 7.01. The molecule has 0 saturated heterocycles. The maximum atomic E-state index is 3.96. The van der Waals surface area contributed by atoms with Crippen LogP contribution in [0.2, 0.25) is 0 Å². The molecule has 0 aliphatic heterocycles. The first-order chi connectivity index (χ1) is 10.8. The molecule has 0 fully saturated rings. The third kappa shape index (κ3) is 19.7. The van der Waals surface area contributed by atoms with Crippen molar-refractivity contribution in [2.24, 2.45) is 0 Å². The van der Waals surface area contributed by atoms with Crippen molar-refractivity contribution in [1.29, 1.82) is 0 Å². The van der Waals surface area contributed by atoms with E-state index in [2.05, 4.69) is 25.7 Å². The van der Waals surface area contributed by atoms with Gasteiger partial charge in [-0.2, -0.15) is 0 Å². The van der Waals surface area contributed by atoms with Gasteiger partial charge in [-0.3, -0.25) is 0 Å². The fraction of sp³-hybridized carbons (Fsp3) is 0.905. The Morgan fingerprint density at radius 2 is 1.00 bits per heavy atom. The van der Waals surface area contributed by atoms with Crippen molar-refractivity contribution in [3.8, 4) is 0 Å². The van der Waals surface area contributed by atoms with E-state index in [1.165, 1.54) is 108 Å². The molecule has 0 aromatic carbocycles. The van der Waals surface area contributed by atoms with Gasteiger partial charge in [0, 0.05) is 0 Å². The summed E-state index contributed by atoms with van der Waals surface area (Å²) in [5.41, 5.74) is 1.35. The van der Waals surface area contributed by atoms with Gasteiger partial charge in [-0.15, -0.1) is 6.58 Å². The summed E-state index contributed by atoms with van der Waals surface area (Å²) in [5, 5.41) is 3.40. The van der Waals surface area contributed by atoms with Crippen molar-refractivity contribution >= 4 is 0 Å². The van der Waals surface area contributed by atoms with E-state index < -0.39 is 0 Å². The third-order valence-electron chi connectivity index (χ3n) is 4.46. The number of rotatable bonds is 18. The molecule has 0 saturated carbocycles. The van der Waals surface area contributed by atoms with Crippen LogP contribution in [0, 0.1) is 0 Å². The van der Waals surface area contributed by atoms with Gasteiger partial charge < -0.3 is 5.32 Å². The molecule has 0 aromatic heterocycles. The van der Waals surface area contributed by atoms with E-state index in [0.717, 1.165) is 6.54 Å². The smallest absolute Gasteiger partial charge is 0.00490 e. The molecule has 0 radical (unpaired) electrons. The molecule has 1 nitrogen and oxygen atoms in total. The monoisotopic (exact) mass is 309 g/mol. The number of unbranched alkanes of at least 4 members (excludes halogenated alkanes) is 13. The van der Waals surface area contributed by atoms with Crippen LogP contribution in [0.25, 0.3) is 0 Å². The second-order valence-electron chi connectivity index (χ2n) is 7.01. The Labute approximate surface area is 141 Å². The average molecular weight is 310 g/mol. The van der Waals surface area contributed by atoms with Crippen molar-refractivity contribution in [1.82, 2.24) is 5.32 Å². The fourth-order valence-electron chi connectivity index (χ4n) is 2.97. The van der Waals surface area contributed by atoms with Crippen molar-refractivity contribution < 1.29 is 0 Å². The fourth-order valence-corrected chi connectivity index (χ4v) is 2.97. The number of hydrogen-bond donors (Lipinski definition) is 1. The van der Waals surface area contributed by atoms with Crippen LogP contribution < -0.4 is 5.32 Å². The van der Waals surface area contributed by atoms with Crippen LogP contribution in [0.15, 0.2) is 12.2 Å². The molecule has 0 atom stereocenters. The molecule has 132 valence electrons. The number of nitrogens with one attached hydrogen (secondary N) is 1. The first kappa shape index (κ1) is 21.7. The van der Waals surface area contributed by atoms with Crippen LogP contribution in [0.3, 0.4) is 0 Å². The highest BCUT2D eigenvalue weighted by Gasteiger charge is 1.94. The average Bonchev–Trinajstić information content (AvgIpc) is 2.50. The van der Waals surface area contributed by atoms with Crippen LogP contribution in [-0.2, 0) is 0 Å². The van der Waals surface area contributed by atoms with E-state index in [9.17, 15) is 0 Å². The maximum absolute atomic E-state index is 3.96. The lowest BCUT2D eigenvalue weighted by Gasteiger charge is -2.04. The second kappa shape index (κ2) is 18.7. The van der Waals surface area contributed by atoms with Gasteiger partial charge in [0.2, 0.25) is 0 Å². The van der Waals surface area contributed by atoms with Gasteiger partial charge in [-0.05, 0) is 39.3 Å². The Kier molecular flexibility index (Phi) is 18.5. The van der Waals surface area contributed by atoms with Crippen molar-refractivity contribution in [2.75, 3.05) is 13.1 Å². The minimum absolute atomic E-state index is 1.12. The highest BCUT2D eigenvalue weighted by atomic mass is 14.8. The van der Waals surface area contributed by atoms with E-state index in [1.54, 1.807) is 0 Å². The Bertz CT molecular complexity index is 222. The highest BCUT2D eigenvalue weighted by molar-refractivity contribution is 4.86. The molecule has 0 aliphatic carbocycles. The van der Waals surface area contributed by atoms with Gasteiger partial charge in [0.25, 0.3) is 0 Å². The van der Waals surface area contributed by atoms with Gasteiger partial charge in [0.05, 0.1) is 0 Å². The van der Waals surface area contributed by atoms with Gasteiger partial charge in [-0.1, -0.05) is 89.5 Å². The topological polar surface area (TPSA) is 12.0 Å². The number of hydrogen-bond acceptors (Lipinski definition) is 1. The molecule has 1 N–H and O–H groups in total. The summed E-state index contributed by atoms with van der Waals surface area (Å²) >= 11 is 0. The largest absolute Gasteiger partial charge is 0.317 e. The zero-order valence-electron chi connectivity index (χ0n) is 15.7. The van der Waals surface area contributed by atoms with E-state index >= 15 is 0 Å². The summed E-state index contributed by atoms with van der Waals surface area (Å²) in [6.45, 7) is 10.6. The van der Waals surface area contributed by atoms with E-state index in [1.807, 2.05) is 0 Å². The molecular weight excluding hydrogens is 266 g/mol. The zero-order chi connectivity index (χ0) is 16.3. The molecule has 0 aliphatic rings. The molecule has 0 amide bonds. The van der Waals surface area contributed by atoms with E-state index in [0.29, 0.717) is 0 Å². The lowest BCUT2D eigenvalue weighted by atomic mass is 10.0. The molecule has 0 unspecified atom stereocenters. The summed E-state index contributed by atoms with van der Waals surface area (Å²) in [4.78, 5) is 0. The summed E-state index contributed by atoms with van der Waals surface area (Å²) in [6, 6.07) is 0. The lowest BCUT2D eigenvalue weighted by Crippen LogP contribution is -2.13.